The SMILES string of the molecule is CC(C)C[C@H](N)C(=O)N[C@@H](Cc1ccc(OCc2ccccc2[N+](=O)[O-])c(O)c1)C(=O)N[C@H](C(=O)O)C(C)C. The van der Waals surface area contributed by atoms with Crippen LogP contribution in [0, 0.1) is 22.0 Å². The topological polar surface area (TPSA) is 194 Å². The lowest BCUT2D eigenvalue weighted by Gasteiger charge is -2.25. The fourth-order valence-electron chi connectivity index (χ4n) is 3.88. The Morgan fingerprint density at radius 1 is 1.05 bits per heavy atom. The number of nitro groups is 1. The van der Waals surface area contributed by atoms with E-state index >= 15 is 0 Å². The summed E-state index contributed by atoms with van der Waals surface area (Å²) in [5.41, 5.74) is 6.62. The van der Waals surface area contributed by atoms with Crippen LogP contribution in [0.15, 0.2) is 42.5 Å². The molecule has 0 aliphatic rings. The monoisotopic (exact) mass is 544 g/mol. The number of nitrogens with two attached hydrogens (primary N) is 1. The first kappa shape index (κ1) is 31.0. The molecular formula is C27H36N4O8. The number of carboxylic acid groups (broad SMARTS) is 1. The number of amides is 2. The van der Waals surface area contributed by atoms with Crippen molar-refractivity contribution in [1.29, 1.82) is 0 Å². The van der Waals surface area contributed by atoms with Crippen molar-refractivity contribution in [3.63, 3.8) is 0 Å². The molecule has 39 heavy (non-hydrogen) atoms. The van der Waals surface area contributed by atoms with Crippen molar-refractivity contribution in [2.24, 2.45) is 17.6 Å². The second-order valence-electron chi connectivity index (χ2n) is 10.0. The number of para-hydroxylation sites is 1. The van der Waals surface area contributed by atoms with E-state index in [0.29, 0.717) is 17.5 Å². The Morgan fingerprint density at radius 3 is 2.28 bits per heavy atom. The van der Waals surface area contributed by atoms with E-state index in [-0.39, 0.29) is 36.1 Å². The number of aliphatic carboxylic acids is 1. The van der Waals surface area contributed by atoms with E-state index in [4.69, 9.17) is 10.5 Å². The molecule has 2 aromatic rings. The number of phenolic OH excluding ortho intramolecular Hbond substituents is 1. The number of ether oxygens (including phenoxy) is 1. The van der Waals surface area contributed by atoms with Crippen molar-refractivity contribution >= 4 is 23.5 Å². The van der Waals surface area contributed by atoms with E-state index in [9.17, 15) is 34.7 Å². The number of carbonyl (C=O) groups is 3. The Labute approximate surface area is 226 Å². The maximum Gasteiger partial charge on any atom is 0.326 e. The molecular weight excluding hydrogens is 508 g/mol. The third kappa shape index (κ3) is 9.25. The zero-order valence-corrected chi connectivity index (χ0v) is 22.4. The number of benzene rings is 2. The highest BCUT2D eigenvalue weighted by molar-refractivity contribution is 5.92. The lowest BCUT2D eigenvalue weighted by Crippen LogP contribution is -2.56. The number of nitrogens with zero attached hydrogens (tertiary/aromatic N) is 1. The molecule has 2 amide bonds. The summed E-state index contributed by atoms with van der Waals surface area (Å²) in [6.45, 7) is 6.93. The van der Waals surface area contributed by atoms with E-state index in [2.05, 4.69) is 10.6 Å². The smallest absolute Gasteiger partial charge is 0.326 e. The summed E-state index contributed by atoms with van der Waals surface area (Å²) in [7, 11) is 0. The Balaban J connectivity index is 2.22. The van der Waals surface area contributed by atoms with Gasteiger partial charge in [0.25, 0.3) is 5.69 Å². The molecule has 12 heteroatoms. The summed E-state index contributed by atoms with van der Waals surface area (Å²) < 4.78 is 5.57. The van der Waals surface area contributed by atoms with E-state index < -0.39 is 46.8 Å². The number of carboxylic acids is 1. The number of nitrogens with one attached hydrogen (secondary N) is 2. The minimum absolute atomic E-state index is 0.0617. The van der Waals surface area contributed by atoms with Gasteiger partial charge < -0.3 is 31.3 Å². The maximum absolute atomic E-state index is 13.1. The van der Waals surface area contributed by atoms with Crippen molar-refractivity contribution in [1.82, 2.24) is 10.6 Å². The third-order valence-corrected chi connectivity index (χ3v) is 5.96. The lowest BCUT2D eigenvalue weighted by molar-refractivity contribution is -0.385. The standard InChI is InChI=1S/C27H36N4O8/c1-15(2)11-19(28)25(33)29-20(26(34)30-24(16(3)4)27(35)36)12-17-9-10-23(22(32)13-17)39-14-18-7-5-6-8-21(18)31(37)38/h5-10,13,15-16,19-20,24,32H,11-12,14,28H2,1-4H3,(H,29,33)(H,30,34)(H,35,36)/t19-,20-,24-/m0/s1. The highest BCUT2D eigenvalue weighted by Gasteiger charge is 2.30. The zero-order chi connectivity index (χ0) is 29.3. The van der Waals surface area contributed by atoms with Gasteiger partial charge in [-0.2, -0.15) is 0 Å². The van der Waals surface area contributed by atoms with Crippen LogP contribution in [-0.2, 0) is 27.4 Å². The Kier molecular flexibility index (Phi) is 11.2. The molecule has 2 rings (SSSR count). The van der Waals surface area contributed by atoms with E-state index in [0.717, 1.165) is 0 Å². The van der Waals surface area contributed by atoms with Crippen LogP contribution in [0.2, 0.25) is 0 Å². The van der Waals surface area contributed by atoms with Gasteiger partial charge in [0.15, 0.2) is 11.5 Å². The van der Waals surface area contributed by atoms with Gasteiger partial charge in [0.05, 0.1) is 16.5 Å². The number of phenols is 1. The van der Waals surface area contributed by atoms with Crippen LogP contribution in [-0.4, -0.2) is 51.0 Å². The molecule has 12 nitrogen and oxygen atoms in total. The minimum Gasteiger partial charge on any atom is -0.504 e. The molecule has 0 saturated carbocycles. The quantitative estimate of drug-likeness (QED) is 0.175. The van der Waals surface area contributed by atoms with Gasteiger partial charge in [-0.15, -0.1) is 0 Å². The van der Waals surface area contributed by atoms with Gasteiger partial charge in [0.1, 0.15) is 18.7 Å². The molecule has 0 bridgehead atoms. The molecule has 0 aliphatic heterocycles. The van der Waals surface area contributed by atoms with Gasteiger partial charge in [0.2, 0.25) is 11.8 Å². The molecule has 0 saturated heterocycles. The van der Waals surface area contributed by atoms with Gasteiger partial charge in [-0.25, -0.2) is 4.79 Å². The molecule has 0 heterocycles. The van der Waals surface area contributed by atoms with Crippen LogP contribution in [0.1, 0.15) is 45.2 Å². The van der Waals surface area contributed by atoms with Gasteiger partial charge in [-0.1, -0.05) is 45.9 Å². The summed E-state index contributed by atoms with van der Waals surface area (Å²) in [5, 5.41) is 36.3. The predicted octanol–water partition coefficient (Wildman–Crippen LogP) is 2.51. The minimum atomic E-state index is -1.21. The highest BCUT2D eigenvalue weighted by atomic mass is 16.6. The van der Waals surface area contributed by atoms with E-state index in [1.54, 1.807) is 32.0 Å². The molecule has 0 unspecified atom stereocenters. The molecule has 6 N–H and O–H groups in total. The number of rotatable bonds is 14. The Hall–Kier alpha value is -4.19. The van der Waals surface area contributed by atoms with Crippen LogP contribution < -0.4 is 21.1 Å². The Bertz CT molecular complexity index is 1180. The van der Waals surface area contributed by atoms with Crippen molar-refractivity contribution in [2.75, 3.05) is 0 Å². The first-order valence-corrected chi connectivity index (χ1v) is 12.6. The van der Waals surface area contributed by atoms with Crippen LogP contribution in [0.3, 0.4) is 0 Å². The van der Waals surface area contributed by atoms with Crippen LogP contribution in [0.25, 0.3) is 0 Å². The summed E-state index contributed by atoms with van der Waals surface area (Å²) in [5.74, 6) is -2.97. The molecule has 2 aromatic carbocycles. The van der Waals surface area contributed by atoms with E-state index in [1.807, 2.05) is 13.8 Å². The third-order valence-electron chi connectivity index (χ3n) is 5.96. The second-order valence-corrected chi connectivity index (χ2v) is 10.0. The van der Waals surface area contributed by atoms with Crippen molar-refractivity contribution < 1.29 is 34.3 Å². The number of hydrogen-bond donors (Lipinski definition) is 5. The average Bonchev–Trinajstić information content (AvgIpc) is 2.85. The molecule has 0 aliphatic carbocycles. The fraction of sp³-hybridized carbons (Fsp3) is 0.444. The molecule has 3 atom stereocenters. The molecule has 0 fully saturated rings. The average molecular weight is 545 g/mol. The number of nitro benzene ring substituents is 1. The number of hydrogen-bond acceptors (Lipinski definition) is 8. The zero-order valence-electron chi connectivity index (χ0n) is 22.4. The summed E-state index contributed by atoms with van der Waals surface area (Å²) >= 11 is 0. The van der Waals surface area contributed by atoms with Crippen molar-refractivity contribution in [3.05, 3.63) is 63.7 Å². The molecule has 0 aromatic heterocycles. The fourth-order valence-corrected chi connectivity index (χ4v) is 3.88. The molecule has 0 radical (unpaired) electrons. The first-order valence-electron chi connectivity index (χ1n) is 12.6. The van der Waals surface area contributed by atoms with Gasteiger partial charge in [0, 0.05) is 12.5 Å². The van der Waals surface area contributed by atoms with Crippen molar-refractivity contribution in [3.8, 4) is 11.5 Å². The van der Waals surface area contributed by atoms with Gasteiger partial charge in [-0.05, 0) is 42.0 Å². The number of aromatic hydroxyl groups is 1. The van der Waals surface area contributed by atoms with Crippen LogP contribution in [0.5, 0.6) is 11.5 Å². The highest BCUT2D eigenvalue weighted by Crippen LogP contribution is 2.29. The van der Waals surface area contributed by atoms with Crippen LogP contribution in [0.4, 0.5) is 5.69 Å². The second kappa shape index (κ2) is 14.1. The lowest BCUT2D eigenvalue weighted by atomic mass is 10.00. The first-order chi connectivity index (χ1) is 18.3. The van der Waals surface area contributed by atoms with E-state index in [1.165, 1.54) is 24.3 Å². The molecule has 0 spiro atoms. The van der Waals surface area contributed by atoms with Gasteiger partial charge in [-0.3, -0.25) is 19.7 Å². The largest absolute Gasteiger partial charge is 0.504 e. The maximum atomic E-state index is 13.1. The van der Waals surface area contributed by atoms with Crippen LogP contribution >= 0.6 is 0 Å². The predicted molar refractivity (Wildman–Crippen MR) is 143 cm³/mol. The Morgan fingerprint density at radius 2 is 1.72 bits per heavy atom. The van der Waals surface area contributed by atoms with Gasteiger partial charge >= 0.3 is 5.97 Å². The van der Waals surface area contributed by atoms with Crippen molar-refractivity contribution in [2.45, 2.75) is 65.3 Å². The summed E-state index contributed by atoms with van der Waals surface area (Å²) in [6.07, 6.45) is 0.310. The number of carbonyl (C=O) groups excluding carboxylic acids is 2. The summed E-state index contributed by atoms with van der Waals surface area (Å²) in [4.78, 5) is 48.1. The summed E-state index contributed by atoms with van der Waals surface area (Å²) in [6, 6.07) is 7.19. The molecule has 212 valence electrons. The normalized spacial score (nSPS) is 13.4.